The van der Waals surface area contributed by atoms with E-state index in [1.54, 1.807) is 30.3 Å². The highest BCUT2D eigenvalue weighted by Crippen LogP contribution is 2.34. The maximum Gasteiger partial charge on any atom is 0.219 e. The van der Waals surface area contributed by atoms with Gasteiger partial charge in [0, 0.05) is 25.9 Å². The van der Waals surface area contributed by atoms with E-state index in [9.17, 15) is 4.79 Å². The molecular formula is C26H26ClN5O3. The van der Waals surface area contributed by atoms with Crippen LogP contribution in [0.4, 0.5) is 11.5 Å². The maximum atomic E-state index is 11.6. The number of nitrogens with one attached hydrogen (secondary N) is 1. The highest BCUT2D eigenvalue weighted by molar-refractivity contribution is 6.32. The number of rotatable bonds is 9. The van der Waals surface area contributed by atoms with Crippen LogP contribution in [-0.2, 0) is 11.4 Å². The van der Waals surface area contributed by atoms with Gasteiger partial charge in [-0.25, -0.2) is 9.97 Å². The summed E-state index contributed by atoms with van der Waals surface area (Å²) in [6.45, 7) is 4.12. The van der Waals surface area contributed by atoms with Gasteiger partial charge in [0.15, 0.2) is 0 Å². The van der Waals surface area contributed by atoms with Crippen molar-refractivity contribution in [2.75, 3.05) is 19.0 Å². The van der Waals surface area contributed by atoms with Crippen molar-refractivity contribution in [3.63, 3.8) is 0 Å². The number of hydrogen-bond donors (Lipinski definition) is 1. The van der Waals surface area contributed by atoms with E-state index in [1.165, 1.54) is 13.3 Å². The summed E-state index contributed by atoms with van der Waals surface area (Å²) in [6, 6.07) is 16.6. The summed E-state index contributed by atoms with van der Waals surface area (Å²) in [6.07, 6.45) is 3.21. The van der Waals surface area contributed by atoms with E-state index in [2.05, 4.69) is 20.3 Å². The topological polar surface area (TPSA) is 89.5 Å². The number of likely N-dealkylation sites (N-methyl/N-ethyl adjacent to an activating group) is 1. The molecule has 9 heteroatoms. The van der Waals surface area contributed by atoms with Gasteiger partial charge >= 0.3 is 0 Å². The predicted molar refractivity (Wildman–Crippen MR) is 136 cm³/mol. The van der Waals surface area contributed by atoms with Gasteiger partial charge in [-0.3, -0.25) is 9.78 Å². The number of ether oxygens (including phenoxy) is 2. The molecule has 180 valence electrons. The fourth-order valence-corrected chi connectivity index (χ4v) is 3.63. The zero-order valence-electron chi connectivity index (χ0n) is 19.7. The molecule has 2 heterocycles. The summed E-state index contributed by atoms with van der Waals surface area (Å²) in [5.41, 5.74) is 2.28. The summed E-state index contributed by atoms with van der Waals surface area (Å²) in [7, 11) is 1.75. The molecule has 0 spiro atoms. The first-order chi connectivity index (χ1) is 16.9. The molecule has 0 aliphatic carbocycles. The molecule has 4 aromatic rings. The lowest BCUT2D eigenvalue weighted by atomic mass is 10.2. The number of halogens is 1. The van der Waals surface area contributed by atoms with Crippen LogP contribution in [0.1, 0.15) is 19.5 Å². The van der Waals surface area contributed by atoms with Crippen molar-refractivity contribution in [3.05, 3.63) is 77.8 Å². The Morgan fingerprint density at radius 2 is 1.91 bits per heavy atom. The number of nitrogens with zero attached hydrogens (tertiary/aromatic N) is 4. The molecular weight excluding hydrogens is 466 g/mol. The molecule has 2 aromatic heterocycles. The van der Waals surface area contributed by atoms with Crippen LogP contribution in [0.5, 0.6) is 11.5 Å². The second kappa shape index (κ2) is 11.0. The van der Waals surface area contributed by atoms with E-state index in [-0.39, 0.29) is 11.9 Å². The minimum atomic E-state index is -0.0961. The van der Waals surface area contributed by atoms with Crippen molar-refractivity contribution in [1.82, 2.24) is 19.9 Å². The van der Waals surface area contributed by atoms with Crippen LogP contribution in [0.3, 0.4) is 0 Å². The van der Waals surface area contributed by atoms with E-state index < -0.39 is 0 Å². The standard InChI is InChI=1S/C26H26ClN5O3/c1-17(32(3)18(2)33)14-34-24-9-6-8-22-25(24)26(30-16-29-22)31-19-10-11-23(21(27)13-19)35-15-20-7-4-5-12-28-20/h4-13,16-17H,14-15H2,1-3H3,(H,29,30,31)/t17-/m1/s1. The predicted octanol–water partition coefficient (Wildman–Crippen LogP) is 5.25. The first kappa shape index (κ1) is 24.2. The van der Waals surface area contributed by atoms with Crippen LogP contribution < -0.4 is 14.8 Å². The van der Waals surface area contributed by atoms with E-state index >= 15 is 0 Å². The Kier molecular flexibility index (Phi) is 7.62. The second-order valence-electron chi connectivity index (χ2n) is 8.04. The average Bonchev–Trinajstić information content (AvgIpc) is 2.87. The van der Waals surface area contributed by atoms with Crippen LogP contribution in [0.15, 0.2) is 67.1 Å². The third-order valence-corrected chi connectivity index (χ3v) is 5.85. The number of carbonyl (C=O) groups is 1. The Morgan fingerprint density at radius 1 is 1.06 bits per heavy atom. The lowest BCUT2D eigenvalue weighted by Crippen LogP contribution is -2.37. The number of pyridine rings is 1. The summed E-state index contributed by atoms with van der Waals surface area (Å²) >= 11 is 6.48. The Balaban J connectivity index is 1.53. The van der Waals surface area contributed by atoms with Crippen LogP contribution >= 0.6 is 11.6 Å². The Bertz CT molecular complexity index is 1310. The monoisotopic (exact) mass is 491 g/mol. The van der Waals surface area contributed by atoms with Crippen molar-refractivity contribution >= 4 is 39.9 Å². The molecule has 35 heavy (non-hydrogen) atoms. The molecule has 4 rings (SSSR count). The number of benzene rings is 2. The van der Waals surface area contributed by atoms with Gasteiger partial charge in [-0.2, -0.15) is 0 Å². The van der Waals surface area contributed by atoms with Crippen molar-refractivity contribution < 1.29 is 14.3 Å². The number of aromatic nitrogens is 3. The Hall–Kier alpha value is -3.91. The van der Waals surface area contributed by atoms with Crippen LogP contribution in [-0.4, -0.2) is 45.5 Å². The van der Waals surface area contributed by atoms with Gasteiger partial charge in [0.2, 0.25) is 5.91 Å². The number of fused-ring (bicyclic) bond motifs is 1. The number of hydrogen-bond acceptors (Lipinski definition) is 7. The minimum Gasteiger partial charge on any atom is -0.491 e. The number of carbonyl (C=O) groups excluding carboxylic acids is 1. The van der Waals surface area contributed by atoms with E-state index in [0.29, 0.717) is 35.6 Å². The zero-order chi connectivity index (χ0) is 24.8. The van der Waals surface area contributed by atoms with Gasteiger partial charge < -0.3 is 19.7 Å². The van der Waals surface area contributed by atoms with Gasteiger partial charge in [0.25, 0.3) is 0 Å². The summed E-state index contributed by atoms with van der Waals surface area (Å²) in [5, 5.41) is 4.51. The fourth-order valence-electron chi connectivity index (χ4n) is 3.39. The van der Waals surface area contributed by atoms with E-state index in [1.807, 2.05) is 49.4 Å². The highest BCUT2D eigenvalue weighted by Gasteiger charge is 2.16. The first-order valence-electron chi connectivity index (χ1n) is 11.1. The number of anilines is 2. The van der Waals surface area contributed by atoms with Crippen molar-refractivity contribution in [2.24, 2.45) is 0 Å². The molecule has 8 nitrogen and oxygen atoms in total. The molecule has 0 fully saturated rings. The lowest BCUT2D eigenvalue weighted by molar-refractivity contribution is -0.129. The van der Waals surface area contributed by atoms with Gasteiger partial charge in [-0.1, -0.05) is 23.7 Å². The van der Waals surface area contributed by atoms with Crippen molar-refractivity contribution in [1.29, 1.82) is 0 Å². The third-order valence-electron chi connectivity index (χ3n) is 5.56. The van der Waals surface area contributed by atoms with Gasteiger partial charge in [0.05, 0.1) is 27.7 Å². The van der Waals surface area contributed by atoms with E-state index in [4.69, 9.17) is 21.1 Å². The molecule has 0 aliphatic heterocycles. The van der Waals surface area contributed by atoms with Crippen molar-refractivity contribution in [2.45, 2.75) is 26.5 Å². The highest BCUT2D eigenvalue weighted by atomic mass is 35.5. The molecule has 0 saturated carbocycles. The molecule has 1 N–H and O–H groups in total. The van der Waals surface area contributed by atoms with Crippen LogP contribution in [0, 0.1) is 0 Å². The molecule has 0 saturated heterocycles. The normalized spacial score (nSPS) is 11.7. The van der Waals surface area contributed by atoms with Crippen LogP contribution in [0.25, 0.3) is 10.9 Å². The number of amides is 1. The average molecular weight is 492 g/mol. The van der Waals surface area contributed by atoms with Gasteiger partial charge in [-0.15, -0.1) is 0 Å². The Labute approximate surface area is 208 Å². The fraction of sp³-hybridized carbons (Fsp3) is 0.231. The first-order valence-corrected chi connectivity index (χ1v) is 11.5. The second-order valence-corrected chi connectivity index (χ2v) is 8.45. The van der Waals surface area contributed by atoms with Gasteiger partial charge in [0.1, 0.15) is 36.9 Å². The molecule has 2 aromatic carbocycles. The Morgan fingerprint density at radius 3 is 2.66 bits per heavy atom. The molecule has 1 atom stereocenters. The van der Waals surface area contributed by atoms with Crippen molar-refractivity contribution in [3.8, 4) is 11.5 Å². The molecule has 0 unspecified atom stereocenters. The van der Waals surface area contributed by atoms with Crippen LogP contribution in [0.2, 0.25) is 5.02 Å². The van der Waals surface area contributed by atoms with Gasteiger partial charge in [-0.05, 0) is 49.4 Å². The summed E-state index contributed by atoms with van der Waals surface area (Å²) in [5.74, 6) is 1.74. The van der Waals surface area contributed by atoms with E-state index in [0.717, 1.165) is 22.3 Å². The zero-order valence-corrected chi connectivity index (χ0v) is 20.5. The summed E-state index contributed by atoms with van der Waals surface area (Å²) < 4.78 is 11.9. The quantitative estimate of drug-likeness (QED) is 0.342. The molecule has 0 aliphatic rings. The molecule has 0 bridgehead atoms. The maximum absolute atomic E-state index is 11.6. The molecule has 1 amide bonds. The largest absolute Gasteiger partial charge is 0.491 e. The smallest absolute Gasteiger partial charge is 0.219 e. The lowest BCUT2D eigenvalue weighted by Gasteiger charge is -2.24. The minimum absolute atomic E-state index is 0.0194. The SMILES string of the molecule is CC(=O)N(C)[C@H](C)COc1cccc2ncnc(Nc3ccc(OCc4ccccn4)c(Cl)c3)c12. The third kappa shape index (κ3) is 5.96. The molecule has 0 radical (unpaired) electrons. The summed E-state index contributed by atoms with van der Waals surface area (Å²) in [4.78, 5) is 26.3.